The Morgan fingerprint density at radius 3 is 2.24 bits per heavy atom. The van der Waals surface area contributed by atoms with Crippen molar-refractivity contribution in [2.24, 2.45) is 7.05 Å². The first kappa shape index (κ1) is 20.1. The smallest absolute Gasteiger partial charge is 0.315 e. The molecule has 0 spiro atoms. The Hall–Kier alpha value is -2.21. The van der Waals surface area contributed by atoms with Gasteiger partial charge in [0.05, 0.1) is 5.02 Å². The second-order valence-corrected chi connectivity index (χ2v) is 8.64. The molecule has 2 heterocycles. The van der Waals surface area contributed by atoms with Crippen LogP contribution in [0.15, 0.2) is 24.3 Å². The molecule has 6 nitrogen and oxygen atoms in total. The number of urea groups is 1. The molecule has 1 aliphatic carbocycles. The largest absolute Gasteiger partial charge is 0.338 e. The summed E-state index contributed by atoms with van der Waals surface area (Å²) < 4.78 is 1.88. The summed E-state index contributed by atoms with van der Waals surface area (Å²) in [6.45, 7) is 1.23. The Balaban J connectivity index is 1.34. The zero-order valence-corrected chi connectivity index (χ0v) is 17.7. The summed E-state index contributed by atoms with van der Waals surface area (Å²) >= 11 is 6.53. The Labute approximate surface area is 176 Å². The van der Waals surface area contributed by atoms with E-state index >= 15 is 0 Å². The van der Waals surface area contributed by atoms with E-state index in [2.05, 4.69) is 10.6 Å². The number of aromatic nitrogens is 1. The molecule has 1 aromatic carbocycles. The molecule has 2 aromatic rings. The second kappa shape index (κ2) is 8.66. The van der Waals surface area contributed by atoms with Crippen LogP contribution >= 0.6 is 11.6 Å². The van der Waals surface area contributed by atoms with Crippen LogP contribution in [0.2, 0.25) is 5.02 Å². The lowest BCUT2D eigenvalue weighted by atomic mass is 9.96. The van der Waals surface area contributed by atoms with Crippen molar-refractivity contribution in [2.75, 3.05) is 13.1 Å². The Morgan fingerprint density at radius 1 is 0.966 bits per heavy atom. The van der Waals surface area contributed by atoms with Crippen molar-refractivity contribution in [3.8, 4) is 0 Å². The van der Waals surface area contributed by atoms with Gasteiger partial charge in [0.1, 0.15) is 5.69 Å². The number of amides is 3. The predicted octanol–water partition coefficient (Wildman–Crippen LogP) is 4.07. The average molecular weight is 417 g/mol. The molecule has 0 bridgehead atoms. The van der Waals surface area contributed by atoms with Gasteiger partial charge in [0.2, 0.25) is 0 Å². The number of likely N-dealkylation sites (tertiary alicyclic amines) is 1. The fourth-order valence-corrected chi connectivity index (χ4v) is 4.99. The molecule has 2 N–H and O–H groups in total. The number of carbonyl (C=O) groups excluding carboxylic acids is 2. The summed E-state index contributed by atoms with van der Waals surface area (Å²) in [5, 5.41) is 7.61. The number of nitrogens with zero attached hydrogens (tertiary/aromatic N) is 2. The molecule has 7 heteroatoms. The molecular formula is C22H29ClN4O2. The summed E-state index contributed by atoms with van der Waals surface area (Å²) in [5.41, 5.74) is 1.49. The third-order valence-corrected chi connectivity index (χ3v) is 6.69. The number of carbonyl (C=O) groups is 2. The maximum absolute atomic E-state index is 13.1. The van der Waals surface area contributed by atoms with Crippen LogP contribution in [0.25, 0.3) is 10.9 Å². The zero-order valence-electron chi connectivity index (χ0n) is 16.9. The van der Waals surface area contributed by atoms with E-state index in [4.69, 9.17) is 11.6 Å². The summed E-state index contributed by atoms with van der Waals surface area (Å²) in [6, 6.07) is 8.12. The minimum atomic E-state index is -0.0709. The highest BCUT2D eigenvalue weighted by atomic mass is 35.5. The molecule has 2 fully saturated rings. The van der Waals surface area contributed by atoms with Crippen LogP contribution in [0.1, 0.15) is 55.4 Å². The lowest BCUT2D eigenvalue weighted by Gasteiger charge is -2.33. The normalized spacial score (nSPS) is 18.8. The van der Waals surface area contributed by atoms with Gasteiger partial charge in [-0.25, -0.2) is 4.79 Å². The molecular weight excluding hydrogens is 388 g/mol. The number of rotatable bonds is 3. The molecule has 0 atom stereocenters. The fourth-order valence-electron chi connectivity index (χ4n) is 4.62. The topological polar surface area (TPSA) is 66.4 Å². The van der Waals surface area contributed by atoms with Crippen LogP contribution < -0.4 is 10.6 Å². The molecule has 4 rings (SSSR count). The Morgan fingerprint density at radius 2 is 1.59 bits per heavy atom. The van der Waals surface area contributed by atoms with Gasteiger partial charge in [0.15, 0.2) is 0 Å². The van der Waals surface area contributed by atoms with Gasteiger partial charge in [0.25, 0.3) is 5.91 Å². The number of hydrogen-bond donors (Lipinski definition) is 2. The van der Waals surface area contributed by atoms with Gasteiger partial charge in [-0.3, -0.25) is 4.79 Å². The van der Waals surface area contributed by atoms with Crippen LogP contribution in [0.5, 0.6) is 0 Å². The molecule has 1 aromatic heterocycles. The van der Waals surface area contributed by atoms with E-state index in [-0.39, 0.29) is 18.0 Å². The Bertz CT molecular complexity index is 857. The average Bonchev–Trinajstić information content (AvgIpc) is 2.99. The highest BCUT2D eigenvalue weighted by Crippen LogP contribution is 2.31. The van der Waals surface area contributed by atoms with Gasteiger partial charge in [-0.15, -0.1) is 0 Å². The van der Waals surface area contributed by atoms with Crippen molar-refractivity contribution in [3.05, 3.63) is 35.0 Å². The molecule has 3 amide bonds. The van der Waals surface area contributed by atoms with Crippen molar-refractivity contribution >= 4 is 34.4 Å². The molecule has 1 saturated heterocycles. The van der Waals surface area contributed by atoms with Crippen molar-refractivity contribution in [1.29, 1.82) is 0 Å². The van der Waals surface area contributed by atoms with Crippen molar-refractivity contribution in [3.63, 3.8) is 0 Å². The van der Waals surface area contributed by atoms with Gasteiger partial charge in [-0.05, 0) is 31.7 Å². The van der Waals surface area contributed by atoms with Gasteiger partial charge in [-0.1, -0.05) is 49.1 Å². The number of nitrogens with one attached hydrogen (secondary N) is 2. The molecule has 1 aliphatic heterocycles. The number of para-hydroxylation sites is 1. The Kier molecular flexibility index (Phi) is 5.99. The maximum atomic E-state index is 13.1. The standard InChI is InChI=1S/C22H29ClN4O2/c1-26-18-10-6-5-9-17(18)19(23)20(26)21(28)27-13-11-16(12-14-27)25-22(29)24-15-7-3-2-4-8-15/h5-6,9-10,15-16H,2-4,7-8,11-14H2,1H3,(H2,24,25,29). The van der Waals surface area contributed by atoms with Crippen LogP contribution in [-0.2, 0) is 7.05 Å². The highest BCUT2D eigenvalue weighted by Gasteiger charge is 2.29. The van der Waals surface area contributed by atoms with Crippen molar-refractivity contribution in [1.82, 2.24) is 20.1 Å². The van der Waals surface area contributed by atoms with E-state index in [0.29, 0.717) is 29.8 Å². The molecule has 29 heavy (non-hydrogen) atoms. The van der Waals surface area contributed by atoms with E-state index < -0.39 is 0 Å². The van der Waals surface area contributed by atoms with Gasteiger partial charge < -0.3 is 20.1 Å². The number of fused-ring (bicyclic) bond motifs is 1. The fraction of sp³-hybridized carbons (Fsp3) is 0.545. The van der Waals surface area contributed by atoms with E-state index in [1.54, 1.807) is 0 Å². The lowest BCUT2D eigenvalue weighted by Crippen LogP contribution is -2.51. The van der Waals surface area contributed by atoms with Crippen LogP contribution in [-0.4, -0.2) is 46.6 Å². The molecule has 0 unspecified atom stereocenters. The monoisotopic (exact) mass is 416 g/mol. The third kappa shape index (κ3) is 4.22. The highest BCUT2D eigenvalue weighted by molar-refractivity contribution is 6.38. The van der Waals surface area contributed by atoms with E-state index in [1.807, 2.05) is 40.8 Å². The first-order valence-corrected chi connectivity index (χ1v) is 11.0. The number of piperidine rings is 1. The third-order valence-electron chi connectivity index (χ3n) is 6.31. The summed E-state index contributed by atoms with van der Waals surface area (Å²) in [4.78, 5) is 27.2. The van der Waals surface area contributed by atoms with E-state index in [0.717, 1.165) is 36.6 Å². The molecule has 0 radical (unpaired) electrons. The second-order valence-electron chi connectivity index (χ2n) is 8.26. The van der Waals surface area contributed by atoms with E-state index in [9.17, 15) is 9.59 Å². The zero-order chi connectivity index (χ0) is 20.4. The lowest BCUT2D eigenvalue weighted by molar-refractivity contribution is 0.0699. The number of hydrogen-bond acceptors (Lipinski definition) is 2. The summed E-state index contributed by atoms with van der Waals surface area (Å²) in [6.07, 6.45) is 7.33. The first-order valence-electron chi connectivity index (χ1n) is 10.6. The van der Waals surface area contributed by atoms with Gasteiger partial charge >= 0.3 is 6.03 Å². The maximum Gasteiger partial charge on any atom is 0.315 e. The number of halogens is 1. The summed E-state index contributed by atoms with van der Waals surface area (Å²) in [7, 11) is 1.88. The number of aryl methyl sites for hydroxylation is 1. The first-order chi connectivity index (χ1) is 14.0. The predicted molar refractivity (Wildman–Crippen MR) is 115 cm³/mol. The molecule has 156 valence electrons. The van der Waals surface area contributed by atoms with Gasteiger partial charge in [-0.2, -0.15) is 0 Å². The molecule has 2 aliphatic rings. The van der Waals surface area contributed by atoms with Crippen molar-refractivity contribution < 1.29 is 9.59 Å². The quantitative estimate of drug-likeness (QED) is 0.792. The SMILES string of the molecule is Cn1c(C(=O)N2CCC(NC(=O)NC3CCCCC3)CC2)c(Cl)c2ccccc21. The summed E-state index contributed by atoms with van der Waals surface area (Å²) in [5.74, 6) is -0.0428. The van der Waals surface area contributed by atoms with Crippen LogP contribution in [0, 0.1) is 0 Å². The minimum absolute atomic E-state index is 0.0428. The van der Waals surface area contributed by atoms with Crippen LogP contribution in [0.3, 0.4) is 0 Å². The molecule has 1 saturated carbocycles. The van der Waals surface area contributed by atoms with Crippen LogP contribution in [0.4, 0.5) is 4.79 Å². The van der Waals surface area contributed by atoms with E-state index in [1.165, 1.54) is 19.3 Å². The number of benzene rings is 1. The minimum Gasteiger partial charge on any atom is -0.338 e. The van der Waals surface area contributed by atoms with Crippen molar-refractivity contribution in [2.45, 2.75) is 57.0 Å². The van der Waals surface area contributed by atoms with Gasteiger partial charge in [0, 0.05) is 43.1 Å².